The zero-order valence-corrected chi connectivity index (χ0v) is 85.8. The molecule has 0 aliphatic heterocycles. The van der Waals surface area contributed by atoms with Gasteiger partial charge in [-0.15, -0.1) is 0 Å². The van der Waals surface area contributed by atoms with Crippen LogP contribution in [0.1, 0.15) is 216 Å². The van der Waals surface area contributed by atoms with E-state index in [1.807, 2.05) is 160 Å². The Morgan fingerprint density at radius 2 is 0.273 bits per heavy atom. The highest BCUT2D eigenvalue weighted by molar-refractivity contribution is 5.72. The summed E-state index contributed by atoms with van der Waals surface area (Å²) in [6, 6.07) is 137. The average Bonchev–Trinajstić information content (AvgIpc) is 0.779. The first-order valence-electron chi connectivity index (χ1n) is 54.4. The summed E-state index contributed by atoms with van der Waals surface area (Å²) < 4.78 is 0. The van der Waals surface area contributed by atoms with E-state index < -0.39 is 0 Å². The van der Waals surface area contributed by atoms with Crippen molar-refractivity contribution in [3.05, 3.63) is 543 Å². The van der Waals surface area contributed by atoms with Crippen LogP contribution in [0.5, 0.6) is 0 Å². The van der Waals surface area contributed by atoms with Crippen LogP contribution in [0, 0.1) is 0 Å². The van der Waals surface area contributed by atoms with Gasteiger partial charge in [0, 0.05) is 150 Å². The number of aromatic nitrogens is 10. The highest BCUT2D eigenvalue weighted by atomic mass is 14.7. The second-order valence-electron chi connectivity index (χ2n) is 41.3. The molecular weight excluding hydrogens is 1820 g/mol. The lowest BCUT2D eigenvalue weighted by Gasteiger charge is -2.39. The van der Waals surface area contributed by atoms with Crippen LogP contribution in [0.3, 0.4) is 0 Å². The van der Waals surface area contributed by atoms with Gasteiger partial charge in [-0.1, -0.05) is 375 Å². The van der Waals surface area contributed by atoms with E-state index in [-0.39, 0.29) is 27.1 Å². The summed E-state index contributed by atoms with van der Waals surface area (Å²) in [6.07, 6.45) is 65.3. The van der Waals surface area contributed by atoms with Gasteiger partial charge in [0.25, 0.3) is 0 Å². The van der Waals surface area contributed by atoms with E-state index >= 15 is 0 Å². The van der Waals surface area contributed by atoms with Gasteiger partial charge in [-0.25, -0.2) is 0 Å². The Bertz CT molecular complexity index is 6040. The molecule has 10 nitrogen and oxygen atoms in total. The van der Waals surface area contributed by atoms with Crippen LogP contribution in [0.25, 0.3) is 112 Å². The first kappa shape index (κ1) is 99.7. The number of rotatable bonds is 20. The maximum atomic E-state index is 4.50. The molecule has 0 atom stereocenters. The third-order valence-electron chi connectivity index (χ3n) is 32.9. The number of pyridine rings is 10. The van der Waals surface area contributed by atoms with Crippen molar-refractivity contribution in [1.29, 1.82) is 0 Å². The molecule has 0 spiro atoms. The van der Waals surface area contributed by atoms with E-state index in [1.165, 1.54) is 316 Å². The third kappa shape index (κ3) is 22.9. The largest absolute Gasteiger partial charge is 0.265 e. The van der Waals surface area contributed by atoms with Crippen LogP contribution in [-0.2, 0) is 27.1 Å². The van der Waals surface area contributed by atoms with Crippen molar-refractivity contribution in [3.8, 4) is 112 Å². The number of nitrogens with zero attached hydrogens (tertiary/aromatic N) is 10. The molecule has 5 saturated carbocycles. The summed E-state index contributed by atoms with van der Waals surface area (Å²) in [5, 5.41) is 0. The van der Waals surface area contributed by atoms with Gasteiger partial charge in [0.1, 0.15) is 0 Å². The highest BCUT2D eigenvalue weighted by Crippen LogP contribution is 2.53. The minimum Gasteiger partial charge on any atom is -0.265 e. The maximum Gasteiger partial charge on any atom is 0.0701 e. The van der Waals surface area contributed by atoms with E-state index in [2.05, 4.69) is 377 Å². The van der Waals surface area contributed by atoms with Gasteiger partial charge in [-0.3, -0.25) is 49.8 Å². The van der Waals surface area contributed by atoms with Crippen molar-refractivity contribution in [2.45, 2.75) is 188 Å². The average molecular weight is 1950 g/mol. The van der Waals surface area contributed by atoms with Crippen LogP contribution < -0.4 is 0 Å². The zero-order chi connectivity index (χ0) is 101. The Morgan fingerprint density at radius 3 is 0.427 bits per heavy atom. The fourth-order valence-corrected chi connectivity index (χ4v) is 24.6. The van der Waals surface area contributed by atoms with Gasteiger partial charge in [0.15, 0.2) is 0 Å². The van der Waals surface area contributed by atoms with Gasteiger partial charge in [0.2, 0.25) is 0 Å². The Morgan fingerprint density at radius 1 is 0.113 bits per heavy atom. The van der Waals surface area contributed by atoms with E-state index in [9.17, 15) is 0 Å². The SMILES string of the molecule is c1cc(-c2ccc(C3(c4ccc(-c5ccncc5)cc4)CCCCC3)cc2)ccn1.c1ccc(-c2ccc(C3(c4ccc(-c5cccnc5)cc4)CCCCC3)cc2)nc1.c1ccc(-c2ccc(C3(c4ccc(-c5ccncc5)cc4)CCCCC3)cc2)nc1.c1cncc(-c2ccc(C3(c4ccc(-c5cccnc5)cc4)CCCCC3)cc2)c1.c1cncc(-c2ccc(C3(c4ccc(-c5ccncc5)cc4)CCCCC3)cc2)c1. The Labute approximate surface area is 886 Å². The lowest BCUT2D eigenvalue weighted by atomic mass is 9.65. The second-order valence-corrected chi connectivity index (χ2v) is 41.3. The molecule has 0 saturated heterocycles. The van der Waals surface area contributed by atoms with Crippen molar-refractivity contribution in [2.24, 2.45) is 0 Å². The minimum absolute atomic E-state index is 0.106. The molecule has 0 amide bonds. The molecule has 0 bridgehead atoms. The third-order valence-corrected chi connectivity index (χ3v) is 32.9. The topological polar surface area (TPSA) is 129 Å². The Kier molecular flexibility index (Phi) is 32.0. The smallest absolute Gasteiger partial charge is 0.0701 e. The fourth-order valence-electron chi connectivity index (χ4n) is 24.6. The summed E-state index contributed by atoms with van der Waals surface area (Å²) in [5.74, 6) is 0. The molecule has 0 N–H and O–H groups in total. The van der Waals surface area contributed by atoms with Crippen LogP contribution >= 0.6 is 0 Å². The molecule has 10 heteroatoms. The predicted octanol–water partition coefficient (Wildman–Crippen LogP) is 35.3. The van der Waals surface area contributed by atoms with Gasteiger partial charge < -0.3 is 0 Å². The summed E-state index contributed by atoms with van der Waals surface area (Å²) in [7, 11) is 0. The quantitative estimate of drug-likeness (QED) is 0.0727. The molecule has 740 valence electrons. The molecule has 5 fully saturated rings. The van der Waals surface area contributed by atoms with Crippen molar-refractivity contribution in [2.75, 3.05) is 0 Å². The molecule has 0 unspecified atom stereocenters. The molecule has 10 aromatic heterocycles. The molecule has 10 heterocycles. The molecule has 0 radical (unpaired) electrons. The first-order valence-corrected chi connectivity index (χ1v) is 54.4. The molecule has 5 aliphatic carbocycles. The number of hydrogen-bond acceptors (Lipinski definition) is 10. The Balaban J connectivity index is 0.000000109. The normalized spacial score (nSPS) is 15.6. The maximum absolute atomic E-state index is 4.50. The van der Waals surface area contributed by atoms with Crippen LogP contribution in [0.2, 0.25) is 0 Å². The zero-order valence-electron chi connectivity index (χ0n) is 85.8. The molecule has 5 aliphatic rings. The van der Waals surface area contributed by atoms with Gasteiger partial charge in [-0.05, 0) is 306 Å². The molecule has 20 aromatic rings. The lowest BCUT2D eigenvalue weighted by Crippen LogP contribution is -2.30. The van der Waals surface area contributed by atoms with Crippen molar-refractivity contribution in [3.63, 3.8) is 0 Å². The first-order chi connectivity index (χ1) is 74.3. The summed E-state index contributed by atoms with van der Waals surface area (Å²) in [5.41, 5.74) is 38.8. The van der Waals surface area contributed by atoms with Crippen LogP contribution in [-0.4, -0.2) is 49.8 Å². The number of hydrogen-bond donors (Lipinski definition) is 0. The summed E-state index contributed by atoms with van der Waals surface area (Å²) in [6.45, 7) is 0. The van der Waals surface area contributed by atoms with E-state index in [1.54, 1.807) is 0 Å². The van der Waals surface area contributed by atoms with Gasteiger partial charge >= 0.3 is 0 Å². The van der Waals surface area contributed by atoms with E-state index in [4.69, 9.17) is 0 Å². The summed E-state index contributed by atoms with van der Waals surface area (Å²) in [4.78, 5) is 42.6. The lowest BCUT2D eigenvalue weighted by molar-refractivity contribution is 0.346. The van der Waals surface area contributed by atoms with Crippen molar-refractivity contribution >= 4 is 0 Å². The van der Waals surface area contributed by atoms with Gasteiger partial charge in [0.05, 0.1) is 11.4 Å². The highest BCUT2D eigenvalue weighted by Gasteiger charge is 2.41. The van der Waals surface area contributed by atoms with Crippen LogP contribution in [0.4, 0.5) is 0 Å². The summed E-state index contributed by atoms with van der Waals surface area (Å²) >= 11 is 0. The molecule has 25 rings (SSSR count). The molecule has 150 heavy (non-hydrogen) atoms. The Hall–Kier alpha value is -16.3. The monoisotopic (exact) mass is 1950 g/mol. The van der Waals surface area contributed by atoms with Gasteiger partial charge in [-0.2, -0.15) is 0 Å². The molecular formula is C140H130N10. The van der Waals surface area contributed by atoms with Crippen molar-refractivity contribution in [1.82, 2.24) is 49.8 Å². The van der Waals surface area contributed by atoms with Crippen molar-refractivity contribution < 1.29 is 0 Å². The van der Waals surface area contributed by atoms with E-state index in [0.717, 1.165) is 11.4 Å². The minimum atomic E-state index is 0.106. The van der Waals surface area contributed by atoms with E-state index in [0.29, 0.717) is 0 Å². The molecule has 10 aromatic carbocycles. The predicted molar refractivity (Wildman–Crippen MR) is 616 cm³/mol. The number of benzene rings is 10. The standard InChI is InChI=1S/5C28H26N2/c1-3-17-28(18-4-1,25-13-9-22(10-14-25)24-7-6-19-29-21-24)26-15-11-23(12-16-26)27-8-2-5-20-30-27;1-3-17-28(18-4-1,25-11-7-22(8-12-25)23-15-20-29-21-16-23)26-13-9-24(10-14-26)27-6-2-5-19-30-27;1-2-16-28(17-3-1,26-8-4-22(5-9-26)24-12-18-29-19-13-24)27-10-6-23(7-11-27)25-14-20-30-21-15-25;1-2-16-28(17-3-1,26-12-8-22(9-13-26)24-6-4-18-29-20-24)27-14-10-23(11-15-27)25-7-5-19-30-21-25;1-2-16-28(17-3-1,26-10-6-22(7-11-26)24-14-19-29-20-15-24)27-12-8-23(9-13-27)25-5-4-18-30-21-25/h2*2,5-16,19-21H,1,3-4,17-18H2;3*4-15,18-21H,1-3,16-17H2. The second kappa shape index (κ2) is 48.1. The van der Waals surface area contributed by atoms with Crippen LogP contribution in [0.15, 0.2) is 488 Å². The fraction of sp³-hybridized carbons (Fsp3) is 0.214.